The van der Waals surface area contributed by atoms with E-state index < -0.39 is 5.60 Å². The van der Waals surface area contributed by atoms with Crippen molar-refractivity contribution < 1.29 is 14.3 Å². The second-order valence-electron chi connectivity index (χ2n) is 8.54. The van der Waals surface area contributed by atoms with Crippen LogP contribution < -0.4 is 15.8 Å². The third-order valence-corrected chi connectivity index (χ3v) is 6.28. The first kappa shape index (κ1) is 19.3. The number of piperidine rings is 1. The number of carbonyl (C=O) groups excluding carboxylic acids is 1. The van der Waals surface area contributed by atoms with Crippen LogP contribution in [0, 0.1) is 0 Å². The van der Waals surface area contributed by atoms with Crippen LogP contribution in [0.4, 0.5) is 9.93 Å². The van der Waals surface area contributed by atoms with Gasteiger partial charge in [-0.05, 0) is 46.2 Å². The fourth-order valence-electron chi connectivity index (χ4n) is 3.90. The Balaban J connectivity index is 1.54. The van der Waals surface area contributed by atoms with Gasteiger partial charge in [-0.1, -0.05) is 11.3 Å². The summed E-state index contributed by atoms with van der Waals surface area (Å²) in [7, 11) is 0. The number of thiazole rings is 1. The summed E-state index contributed by atoms with van der Waals surface area (Å²) >= 11 is 1.61. The second-order valence-corrected chi connectivity index (χ2v) is 9.57. The molecule has 28 heavy (non-hydrogen) atoms. The van der Waals surface area contributed by atoms with Gasteiger partial charge in [0.1, 0.15) is 11.4 Å². The van der Waals surface area contributed by atoms with Gasteiger partial charge < -0.3 is 25.4 Å². The molecule has 1 amide bonds. The maximum Gasteiger partial charge on any atom is 0.410 e. The highest BCUT2D eigenvalue weighted by Gasteiger charge is 2.38. The topological polar surface area (TPSA) is 89.7 Å². The summed E-state index contributed by atoms with van der Waals surface area (Å²) in [4.78, 5) is 19.2. The van der Waals surface area contributed by atoms with E-state index in [1.807, 2.05) is 33.8 Å². The lowest BCUT2D eigenvalue weighted by molar-refractivity contribution is 0.00874. The minimum atomic E-state index is -0.519. The van der Waals surface area contributed by atoms with Crippen LogP contribution in [0.5, 0.6) is 5.75 Å². The highest BCUT2D eigenvalue weighted by atomic mass is 32.1. The number of ether oxygens (including phenoxy) is 2. The molecule has 2 aliphatic rings. The predicted molar refractivity (Wildman–Crippen MR) is 111 cm³/mol. The number of likely N-dealkylation sites (tertiary alicyclic amines) is 1. The number of rotatable bonds is 2. The van der Waals surface area contributed by atoms with E-state index in [1.54, 1.807) is 16.2 Å². The van der Waals surface area contributed by atoms with E-state index in [9.17, 15) is 4.79 Å². The zero-order chi connectivity index (χ0) is 20.1. The number of benzene rings is 1. The van der Waals surface area contributed by atoms with E-state index in [1.165, 1.54) is 5.56 Å². The van der Waals surface area contributed by atoms with Crippen molar-refractivity contribution in [1.29, 1.82) is 0 Å². The molecule has 1 fully saturated rings. The molecule has 0 bridgehead atoms. The maximum atomic E-state index is 12.6. The van der Waals surface area contributed by atoms with Gasteiger partial charge in [0.2, 0.25) is 0 Å². The molecule has 3 atom stereocenters. The van der Waals surface area contributed by atoms with Crippen molar-refractivity contribution in [1.82, 2.24) is 9.88 Å². The van der Waals surface area contributed by atoms with Gasteiger partial charge in [0, 0.05) is 24.6 Å². The van der Waals surface area contributed by atoms with Crippen LogP contribution >= 0.6 is 11.3 Å². The molecule has 0 spiro atoms. The van der Waals surface area contributed by atoms with Crippen molar-refractivity contribution in [2.75, 3.05) is 18.5 Å². The van der Waals surface area contributed by atoms with E-state index in [-0.39, 0.29) is 24.2 Å². The Kier molecular flexibility index (Phi) is 4.87. The standard InChI is InChI=1S/C20H28N4O3S/c1-11-16(13(21)7-9-24(11)19(25)27-20(2,3)4)22-18-23-17-12-8-10-26-14(12)5-6-15(17)28-18/h5-6,11,13,16H,7-10,21H2,1-4H3,(H,22,23)/t11-,13-,16+/m0/s1. The third-order valence-electron chi connectivity index (χ3n) is 5.33. The summed E-state index contributed by atoms with van der Waals surface area (Å²) in [5, 5.41) is 4.33. The molecule has 2 aromatic rings. The summed E-state index contributed by atoms with van der Waals surface area (Å²) in [5.41, 5.74) is 8.07. The molecule has 1 aromatic carbocycles. The van der Waals surface area contributed by atoms with Crippen molar-refractivity contribution >= 4 is 32.8 Å². The predicted octanol–water partition coefficient (Wildman–Crippen LogP) is 3.37. The molecule has 0 aliphatic carbocycles. The molecular formula is C20H28N4O3S. The molecule has 0 saturated carbocycles. The quantitative estimate of drug-likeness (QED) is 0.798. The molecule has 1 saturated heterocycles. The highest BCUT2D eigenvalue weighted by molar-refractivity contribution is 7.22. The van der Waals surface area contributed by atoms with Crippen molar-refractivity contribution in [3.8, 4) is 5.75 Å². The summed E-state index contributed by atoms with van der Waals surface area (Å²) in [5.74, 6) is 0.934. The Labute approximate surface area is 169 Å². The van der Waals surface area contributed by atoms with Crippen molar-refractivity contribution in [3.63, 3.8) is 0 Å². The van der Waals surface area contributed by atoms with E-state index in [0.29, 0.717) is 13.2 Å². The molecule has 1 aromatic heterocycles. The number of nitrogens with zero attached hydrogens (tertiary/aromatic N) is 2. The number of amides is 1. The molecule has 0 radical (unpaired) electrons. The van der Waals surface area contributed by atoms with Gasteiger partial charge in [0.15, 0.2) is 5.13 Å². The molecule has 7 nitrogen and oxygen atoms in total. The van der Waals surface area contributed by atoms with Crippen molar-refractivity contribution in [2.45, 2.75) is 64.3 Å². The Morgan fingerprint density at radius 3 is 2.96 bits per heavy atom. The van der Waals surface area contributed by atoms with Crippen LogP contribution in [0.1, 0.15) is 39.7 Å². The van der Waals surface area contributed by atoms with E-state index in [4.69, 9.17) is 20.2 Å². The summed E-state index contributed by atoms with van der Waals surface area (Å²) in [6.45, 7) is 8.96. The largest absolute Gasteiger partial charge is 0.493 e. The van der Waals surface area contributed by atoms with E-state index >= 15 is 0 Å². The van der Waals surface area contributed by atoms with Gasteiger partial charge in [-0.15, -0.1) is 0 Å². The molecule has 2 aliphatic heterocycles. The van der Waals surface area contributed by atoms with Gasteiger partial charge in [0.25, 0.3) is 0 Å². The molecule has 8 heteroatoms. The molecule has 4 rings (SSSR count). The smallest absolute Gasteiger partial charge is 0.410 e. The van der Waals surface area contributed by atoms with Crippen LogP contribution in [0.15, 0.2) is 12.1 Å². The zero-order valence-corrected chi connectivity index (χ0v) is 17.6. The van der Waals surface area contributed by atoms with Gasteiger partial charge in [-0.2, -0.15) is 0 Å². The van der Waals surface area contributed by atoms with Gasteiger partial charge in [-0.3, -0.25) is 0 Å². The average Bonchev–Trinajstić information content (AvgIpc) is 3.22. The van der Waals surface area contributed by atoms with Crippen molar-refractivity contribution in [3.05, 3.63) is 17.7 Å². The Hall–Kier alpha value is -2.06. The zero-order valence-electron chi connectivity index (χ0n) is 16.8. The Morgan fingerprint density at radius 2 is 2.21 bits per heavy atom. The number of carbonyl (C=O) groups is 1. The molecule has 0 unspecified atom stereocenters. The summed E-state index contributed by atoms with van der Waals surface area (Å²) in [6, 6.07) is 3.83. The summed E-state index contributed by atoms with van der Waals surface area (Å²) < 4.78 is 12.3. The lowest BCUT2D eigenvalue weighted by atomic mass is 9.93. The average molecular weight is 405 g/mol. The third kappa shape index (κ3) is 3.63. The van der Waals surface area contributed by atoms with Crippen LogP contribution in [0.2, 0.25) is 0 Å². The Bertz CT molecular complexity index is 891. The fraction of sp³-hybridized carbons (Fsp3) is 0.600. The SMILES string of the molecule is C[C@H]1[C@@H](Nc2nc3c4c(ccc3s2)OCC4)[C@@H](N)CCN1C(=O)OC(C)(C)C. The van der Waals surface area contributed by atoms with Crippen LogP contribution in [-0.2, 0) is 11.2 Å². The van der Waals surface area contributed by atoms with Gasteiger partial charge in [-0.25, -0.2) is 9.78 Å². The van der Waals surface area contributed by atoms with E-state index in [0.717, 1.165) is 33.9 Å². The fourth-order valence-corrected chi connectivity index (χ4v) is 4.84. The number of hydrogen-bond acceptors (Lipinski definition) is 7. The highest BCUT2D eigenvalue weighted by Crippen LogP contribution is 2.37. The number of hydrogen-bond donors (Lipinski definition) is 2. The van der Waals surface area contributed by atoms with E-state index in [2.05, 4.69) is 11.4 Å². The molecule has 152 valence electrons. The van der Waals surface area contributed by atoms with Crippen LogP contribution in [0.25, 0.3) is 10.2 Å². The number of fused-ring (bicyclic) bond motifs is 3. The maximum absolute atomic E-state index is 12.6. The first-order chi connectivity index (χ1) is 13.2. The van der Waals surface area contributed by atoms with Crippen molar-refractivity contribution in [2.24, 2.45) is 5.73 Å². The number of aromatic nitrogens is 1. The number of anilines is 1. The number of nitrogens with two attached hydrogens (primary N) is 1. The van der Waals surface area contributed by atoms with Gasteiger partial charge >= 0.3 is 6.09 Å². The lowest BCUT2D eigenvalue weighted by Gasteiger charge is -2.43. The van der Waals surface area contributed by atoms with Crippen LogP contribution in [0.3, 0.4) is 0 Å². The van der Waals surface area contributed by atoms with Crippen LogP contribution in [-0.4, -0.2) is 52.9 Å². The summed E-state index contributed by atoms with van der Waals surface area (Å²) in [6.07, 6.45) is 1.31. The molecule has 3 heterocycles. The minimum Gasteiger partial charge on any atom is -0.493 e. The molecule has 3 N–H and O–H groups in total. The molecular weight excluding hydrogens is 376 g/mol. The second kappa shape index (κ2) is 7.08. The Morgan fingerprint density at radius 1 is 1.43 bits per heavy atom. The lowest BCUT2D eigenvalue weighted by Crippen LogP contribution is -2.61. The minimum absolute atomic E-state index is 0.0604. The first-order valence-corrected chi connectivity index (χ1v) is 10.6. The number of nitrogens with one attached hydrogen (secondary N) is 1. The monoisotopic (exact) mass is 404 g/mol. The van der Waals surface area contributed by atoms with Gasteiger partial charge in [0.05, 0.1) is 28.9 Å². The normalized spacial score (nSPS) is 24.8. The first-order valence-electron chi connectivity index (χ1n) is 9.80.